The van der Waals surface area contributed by atoms with Crippen LogP contribution in [0, 0.1) is 13.8 Å². The second kappa shape index (κ2) is 5.63. The summed E-state index contributed by atoms with van der Waals surface area (Å²) < 4.78 is 0. The van der Waals surface area contributed by atoms with Gasteiger partial charge in [0.2, 0.25) is 0 Å². The number of hydrogen-bond acceptors (Lipinski definition) is 3. The van der Waals surface area contributed by atoms with Crippen molar-refractivity contribution in [2.45, 2.75) is 20.4 Å². The molecule has 1 saturated heterocycles. The Bertz CT molecular complexity index is 368. The van der Waals surface area contributed by atoms with Crippen LogP contribution in [0.1, 0.15) is 16.7 Å². The largest absolute Gasteiger partial charge is 0.304 e. The summed E-state index contributed by atoms with van der Waals surface area (Å²) in [5.41, 5.74) is 7.64. The fourth-order valence-electron chi connectivity index (χ4n) is 2.21. The first kappa shape index (κ1) is 12.6. The highest BCUT2D eigenvalue weighted by atomic mass is 15.5. The van der Waals surface area contributed by atoms with Crippen molar-refractivity contribution < 1.29 is 0 Å². The predicted molar refractivity (Wildman–Crippen MR) is 71.8 cm³/mol. The molecule has 1 aromatic carbocycles. The van der Waals surface area contributed by atoms with E-state index >= 15 is 0 Å². The molecule has 1 N–H and O–H groups in total. The molecule has 0 amide bonds. The molecule has 1 aliphatic heterocycles. The lowest BCUT2D eigenvalue weighted by molar-refractivity contribution is 0.102. The van der Waals surface area contributed by atoms with Gasteiger partial charge in [0.15, 0.2) is 0 Å². The van der Waals surface area contributed by atoms with Crippen molar-refractivity contribution in [1.82, 2.24) is 15.3 Å². The van der Waals surface area contributed by atoms with E-state index in [1.807, 2.05) is 0 Å². The molecule has 3 heteroatoms. The van der Waals surface area contributed by atoms with Gasteiger partial charge < -0.3 is 4.90 Å². The van der Waals surface area contributed by atoms with E-state index in [9.17, 15) is 0 Å². The van der Waals surface area contributed by atoms with Crippen molar-refractivity contribution >= 4 is 0 Å². The Balaban J connectivity index is 1.85. The van der Waals surface area contributed by atoms with Gasteiger partial charge in [-0.3, -0.25) is 5.43 Å². The number of hydrazine groups is 1. The summed E-state index contributed by atoms with van der Waals surface area (Å²) in [6.07, 6.45) is 0. The number of nitrogens with one attached hydrogen (secondary N) is 1. The van der Waals surface area contributed by atoms with Crippen LogP contribution in [0.3, 0.4) is 0 Å². The molecule has 3 nitrogen and oxygen atoms in total. The number of likely N-dealkylation sites (N-methyl/N-ethyl adjacent to an activating group) is 1. The molecule has 0 radical (unpaired) electrons. The molecule has 0 aromatic heterocycles. The van der Waals surface area contributed by atoms with Gasteiger partial charge in [0.1, 0.15) is 0 Å². The Morgan fingerprint density at radius 2 is 1.82 bits per heavy atom. The van der Waals surface area contributed by atoms with Crippen LogP contribution in [-0.2, 0) is 6.54 Å². The van der Waals surface area contributed by atoms with E-state index in [0.29, 0.717) is 0 Å². The van der Waals surface area contributed by atoms with E-state index in [-0.39, 0.29) is 0 Å². The van der Waals surface area contributed by atoms with Crippen LogP contribution in [0.2, 0.25) is 0 Å². The maximum Gasteiger partial charge on any atom is 0.0356 e. The maximum atomic E-state index is 3.53. The first-order valence-electron chi connectivity index (χ1n) is 6.38. The molecule has 0 bridgehead atoms. The Morgan fingerprint density at radius 3 is 2.47 bits per heavy atom. The molecule has 0 unspecified atom stereocenters. The Labute approximate surface area is 104 Å². The average molecular weight is 233 g/mol. The zero-order valence-electron chi connectivity index (χ0n) is 11.2. The number of nitrogens with zero attached hydrogens (tertiary/aromatic N) is 2. The summed E-state index contributed by atoms with van der Waals surface area (Å²) in [5, 5.41) is 2.33. The first-order chi connectivity index (χ1) is 8.15. The molecule has 94 valence electrons. The number of hydrogen-bond donors (Lipinski definition) is 1. The minimum absolute atomic E-state index is 0.940. The van der Waals surface area contributed by atoms with Crippen molar-refractivity contribution in [3.8, 4) is 0 Å². The highest BCUT2D eigenvalue weighted by Gasteiger charge is 2.12. The number of benzene rings is 1. The number of piperazine rings is 1. The van der Waals surface area contributed by atoms with E-state index in [2.05, 4.69) is 54.4 Å². The third-order valence-electron chi connectivity index (χ3n) is 3.49. The van der Waals surface area contributed by atoms with Crippen LogP contribution in [0.25, 0.3) is 0 Å². The van der Waals surface area contributed by atoms with Crippen LogP contribution >= 0.6 is 0 Å². The minimum atomic E-state index is 0.940. The van der Waals surface area contributed by atoms with Crippen LogP contribution in [0.5, 0.6) is 0 Å². The summed E-state index contributed by atoms with van der Waals surface area (Å²) in [6, 6.07) is 6.67. The smallest absolute Gasteiger partial charge is 0.0356 e. The highest BCUT2D eigenvalue weighted by Crippen LogP contribution is 2.10. The molecule has 1 aliphatic rings. The second-order valence-electron chi connectivity index (χ2n) is 5.06. The summed E-state index contributed by atoms with van der Waals surface area (Å²) in [7, 11) is 2.18. The average Bonchev–Trinajstić information content (AvgIpc) is 2.30. The highest BCUT2D eigenvalue weighted by molar-refractivity contribution is 5.30. The molecule has 1 fully saturated rings. The summed E-state index contributed by atoms with van der Waals surface area (Å²) in [6.45, 7) is 9.80. The van der Waals surface area contributed by atoms with Crippen molar-refractivity contribution in [2.75, 3.05) is 33.2 Å². The Morgan fingerprint density at radius 1 is 1.12 bits per heavy atom. The maximum absolute atomic E-state index is 3.53. The van der Waals surface area contributed by atoms with Gasteiger partial charge in [-0.15, -0.1) is 0 Å². The van der Waals surface area contributed by atoms with Gasteiger partial charge in [-0.2, -0.15) is 0 Å². The lowest BCUT2D eigenvalue weighted by Crippen LogP contribution is -2.50. The predicted octanol–water partition coefficient (Wildman–Crippen LogP) is 1.56. The monoisotopic (exact) mass is 233 g/mol. The quantitative estimate of drug-likeness (QED) is 0.854. The van der Waals surface area contributed by atoms with Crippen LogP contribution in [-0.4, -0.2) is 43.1 Å². The molecular weight excluding hydrogens is 210 g/mol. The lowest BCUT2D eigenvalue weighted by atomic mass is 10.1. The van der Waals surface area contributed by atoms with Crippen LogP contribution < -0.4 is 5.43 Å². The normalized spacial score (nSPS) is 18.5. The molecule has 1 aromatic rings. The zero-order chi connectivity index (χ0) is 12.3. The molecule has 17 heavy (non-hydrogen) atoms. The van der Waals surface area contributed by atoms with Gasteiger partial charge in [0, 0.05) is 32.7 Å². The van der Waals surface area contributed by atoms with Gasteiger partial charge in [-0.25, -0.2) is 5.01 Å². The van der Waals surface area contributed by atoms with Crippen molar-refractivity contribution in [1.29, 1.82) is 0 Å². The van der Waals surface area contributed by atoms with Crippen LogP contribution in [0.15, 0.2) is 18.2 Å². The van der Waals surface area contributed by atoms with Gasteiger partial charge in [-0.1, -0.05) is 23.8 Å². The second-order valence-corrected chi connectivity index (χ2v) is 5.06. The van der Waals surface area contributed by atoms with Crippen molar-refractivity contribution in [2.24, 2.45) is 0 Å². The van der Waals surface area contributed by atoms with E-state index < -0.39 is 0 Å². The van der Waals surface area contributed by atoms with E-state index in [1.54, 1.807) is 0 Å². The van der Waals surface area contributed by atoms with Gasteiger partial charge in [0.05, 0.1) is 0 Å². The lowest BCUT2D eigenvalue weighted by Gasteiger charge is -2.32. The minimum Gasteiger partial charge on any atom is -0.304 e. The summed E-state index contributed by atoms with van der Waals surface area (Å²) >= 11 is 0. The van der Waals surface area contributed by atoms with E-state index in [0.717, 1.165) is 32.7 Å². The van der Waals surface area contributed by atoms with E-state index in [1.165, 1.54) is 16.7 Å². The molecule has 0 spiro atoms. The molecule has 0 aliphatic carbocycles. The van der Waals surface area contributed by atoms with E-state index in [4.69, 9.17) is 0 Å². The SMILES string of the molecule is Cc1ccc(CNN2CCN(C)CC2)c(C)c1. The van der Waals surface area contributed by atoms with Gasteiger partial charge in [-0.05, 0) is 32.0 Å². The number of rotatable bonds is 3. The Hall–Kier alpha value is -0.900. The Kier molecular flexibility index (Phi) is 4.15. The van der Waals surface area contributed by atoms with Crippen molar-refractivity contribution in [3.63, 3.8) is 0 Å². The third-order valence-corrected chi connectivity index (χ3v) is 3.49. The molecular formula is C14H23N3. The molecule has 2 rings (SSSR count). The van der Waals surface area contributed by atoms with Crippen molar-refractivity contribution in [3.05, 3.63) is 34.9 Å². The number of aryl methyl sites for hydroxylation is 2. The molecule has 1 heterocycles. The zero-order valence-corrected chi connectivity index (χ0v) is 11.2. The third kappa shape index (κ3) is 3.53. The standard InChI is InChI=1S/C14H23N3/c1-12-4-5-14(13(2)10-12)11-15-17-8-6-16(3)7-9-17/h4-5,10,15H,6-9,11H2,1-3H3. The fraction of sp³-hybridized carbons (Fsp3) is 0.571. The molecule has 0 atom stereocenters. The van der Waals surface area contributed by atoms with Crippen LogP contribution in [0.4, 0.5) is 0 Å². The molecule has 0 saturated carbocycles. The summed E-state index contributed by atoms with van der Waals surface area (Å²) in [4.78, 5) is 2.37. The fourth-order valence-corrected chi connectivity index (χ4v) is 2.21. The summed E-state index contributed by atoms with van der Waals surface area (Å²) in [5.74, 6) is 0. The van der Waals surface area contributed by atoms with Gasteiger partial charge >= 0.3 is 0 Å². The first-order valence-corrected chi connectivity index (χ1v) is 6.38. The topological polar surface area (TPSA) is 18.5 Å². The van der Waals surface area contributed by atoms with Gasteiger partial charge in [0.25, 0.3) is 0 Å².